The van der Waals surface area contributed by atoms with Gasteiger partial charge < -0.3 is 0 Å². The number of nitrogens with zero attached hydrogens (tertiary/aromatic N) is 1. The summed E-state index contributed by atoms with van der Waals surface area (Å²) in [4.78, 5) is 4.08. The minimum atomic E-state index is -0.274. The van der Waals surface area contributed by atoms with E-state index in [1.54, 1.807) is 0 Å². The molecule has 2 aromatic rings. The van der Waals surface area contributed by atoms with Gasteiger partial charge in [-0.2, -0.15) is 0 Å². The fourth-order valence-corrected chi connectivity index (χ4v) is 1.29. The Morgan fingerprint density at radius 3 is 2.71 bits per heavy atom. The van der Waals surface area contributed by atoms with Crippen LogP contribution in [0.5, 0.6) is 0 Å². The van der Waals surface area contributed by atoms with E-state index in [1.807, 2.05) is 24.3 Å². The molecule has 1 heterocycles. The molecule has 1 aromatic heterocycles. The minimum Gasteiger partial charge on any atom is -0.256 e. The van der Waals surface area contributed by atoms with E-state index in [1.165, 1.54) is 18.3 Å². The van der Waals surface area contributed by atoms with Crippen molar-refractivity contribution in [2.45, 2.75) is 0 Å². The molecule has 0 aliphatic heterocycles. The highest BCUT2D eigenvalue weighted by Crippen LogP contribution is 2.18. The van der Waals surface area contributed by atoms with Crippen LogP contribution in [0.3, 0.4) is 0 Å². The molecule has 2 rings (SSSR count). The van der Waals surface area contributed by atoms with Crippen molar-refractivity contribution >= 4 is 0 Å². The summed E-state index contributed by atoms with van der Waals surface area (Å²) in [6, 6.07) is 10.3. The van der Waals surface area contributed by atoms with E-state index in [-0.39, 0.29) is 5.82 Å². The lowest BCUT2D eigenvalue weighted by molar-refractivity contribution is 0.626. The molecule has 14 heavy (non-hydrogen) atoms. The van der Waals surface area contributed by atoms with Gasteiger partial charge in [0, 0.05) is 17.8 Å². The number of pyridine rings is 1. The molecule has 0 fully saturated rings. The van der Waals surface area contributed by atoms with Gasteiger partial charge in [0.15, 0.2) is 0 Å². The van der Waals surface area contributed by atoms with Gasteiger partial charge >= 0.3 is 0 Å². The Bertz CT molecular complexity index is 408. The Kier molecular flexibility index (Phi) is 2.27. The molecule has 0 atom stereocenters. The van der Waals surface area contributed by atoms with Crippen molar-refractivity contribution in [2.75, 3.05) is 0 Å². The van der Waals surface area contributed by atoms with E-state index in [0.29, 0.717) is 5.69 Å². The van der Waals surface area contributed by atoms with Crippen LogP contribution < -0.4 is 0 Å². The number of aromatic nitrogens is 1. The summed E-state index contributed by atoms with van der Waals surface area (Å²) >= 11 is 0. The number of benzene rings is 1. The van der Waals surface area contributed by atoms with Crippen LogP contribution in [0.2, 0.25) is 0 Å². The normalized spacial score (nSPS) is 10.1. The standard InChI is InChI=1S/C12H9FN/c1-9-3-2-4-10(7-9)12-8-11(13)5-6-14-12/h2-8H,1H2. The lowest BCUT2D eigenvalue weighted by atomic mass is 10.1. The third-order valence-electron chi connectivity index (χ3n) is 1.94. The molecule has 0 saturated heterocycles. The first-order valence-corrected chi connectivity index (χ1v) is 4.30. The zero-order valence-electron chi connectivity index (χ0n) is 7.57. The molecule has 0 N–H and O–H groups in total. The third-order valence-corrected chi connectivity index (χ3v) is 1.94. The number of halogens is 1. The van der Waals surface area contributed by atoms with Gasteiger partial charge in [0.05, 0.1) is 5.69 Å². The molecule has 69 valence electrons. The average Bonchev–Trinajstić information content (AvgIpc) is 2.18. The van der Waals surface area contributed by atoms with E-state index in [4.69, 9.17) is 0 Å². The first kappa shape index (κ1) is 8.88. The second kappa shape index (κ2) is 3.58. The highest BCUT2D eigenvalue weighted by Gasteiger charge is 1.99. The van der Waals surface area contributed by atoms with Gasteiger partial charge in [0.1, 0.15) is 5.82 Å². The van der Waals surface area contributed by atoms with Crippen molar-refractivity contribution in [3.05, 3.63) is 60.9 Å². The van der Waals surface area contributed by atoms with Crippen molar-refractivity contribution in [3.8, 4) is 11.3 Å². The molecule has 1 nitrogen and oxygen atoms in total. The van der Waals surface area contributed by atoms with Gasteiger partial charge in [-0.3, -0.25) is 4.98 Å². The largest absolute Gasteiger partial charge is 0.256 e. The first-order valence-electron chi connectivity index (χ1n) is 4.30. The summed E-state index contributed by atoms with van der Waals surface area (Å²) in [5, 5.41) is 0. The second-order valence-electron chi connectivity index (χ2n) is 3.06. The molecule has 1 radical (unpaired) electrons. The van der Waals surface area contributed by atoms with Crippen LogP contribution in [0.25, 0.3) is 11.3 Å². The van der Waals surface area contributed by atoms with Gasteiger partial charge in [-0.05, 0) is 24.6 Å². The van der Waals surface area contributed by atoms with Crippen LogP contribution >= 0.6 is 0 Å². The molecule has 1 aromatic carbocycles. The Labute approximate surface area is 82.2 Å². The van der Waals surface area contributed by atoms with E-state index in [0.717, 1.165) is 11.1 Å². The van der Waals surface area contributed by atoms with Crippen molar-refractivity contribution in [2.24, 2.45) is 0 Å². The maximum Gasteiger partial charge on any atom is 0.126 e. The van der Waals surface area contributed by atoms with E-state index >= 15 is 0 Å². The smallest absolute Gasteiger partial charge is 0.126 e. The number of rotatable bonds is 1. The fourth-order valence-electron chi connectivity index (χ4n) is 1.29. The predicted molar refractivity (Wildman–Crippen MR) is 54.1 cm³/mol. The summed E-state index contributed by atoms with van der Waals surface area (Å²) in [5.41, 5.74) is 2.42. The highest BCUT2D eigenvalue weighted by molar-refractivity contribution is 5.60. The Morgan fingerprint density at radius 1 is 1.14 bits per heavy atom. The molecule has 0 unspecified atom stereocenters. The quantitative estimate of drug-likeness (QED) is 0.667. The maximum absolute atomic E-state index is 12.9. The molecule has 0 aliphatic rings. The Hall–Kier alpha value is -1.70. The SMILES string of the molecule is [CH2]c1cccc(-c2cc(F)ccn2)c1. The summed E-state index contributed by atoms with van der Waals surface area (Å²) < 4.78 is 12.9. The summed E-state index contributed by atoms with van der Waals surface area (Å²) in [6.45, 7) is 3.81. The lowest BCUT2D eigenvalue weighted by Crippen LogP contribution is -1.85. The number of hydrogen-bond donors (Lipinski definition) is 0. The van der Waals surface area contributed by atoms with Crippen LogP contribution in [0, 0.1) is 12.7 Å². The van der Waals surface area contributed by atoms with Crippen molar-refractivity contribution in [1.29, 1.82) is 0 Å². The summed E-state index contributed by atoms with van der Waals surface area (Å²) in [6.07, 6.45) is 1.46. The molecule has 0 amide bonds. The molecule has 0 bridgehead atoms. The van der Waals surface area contributed by atoms with Gasteiger partial charge in [-0.1, -0.05) is 18.2 Å². The van der Waals surface area contributed by atoms with Crippen molar-refractivity contribution in [3.63, 3.8) is 0 Å². The second-order valence-corrected chi connectivity index (χ2v) is 3.06. The number of hydrogen-bond acceptors (Lipinski definition) is 1. The van der Waals surface area contributed by atoms with E-state index in [2.05, 4.69) is 11.9 Å². The van der Waals surface area contributed by atoms with Crippen LogP contribution in [-0.2, 0) is 0 Å². The monoisotopic (exact) mass is 186 g/mol. The van der Waals surface area contributed by atoms with Crippen molar-refractivity contribution < 1.29 is 4.39 Å². The lowest BCUT2D eigenvalue weighted by Gasteiger charge is -2.01. The molecule has 2 heteroatoms. The van der Waals surface area contributed by atoms with E-state index in [9.17, 15) is 4.39 Å². The average molecular weight is 186 g/mol. The topological polar surface area (TPSA) is 12.9 Å². The van der Waals surface area contributed by atoms with Crippen LogP contribution in [-0.4, -0.2) is 4.98 Å². The molecule has 0 spiro atoms. The van der Waals surface area contributed by atoms with Crippen molar-refractivity contribution in [1.82, 2.24) is 4.98 Å². The molecular weight excluding hydrogens is 177 g/mol. The predicted octanol–water partition coefficient (Wildman–Crippen LogP) is 3.07. The third kappa shape index (κ3) is 1.79. The fraction of sp³-hybridized carbons (Fsp3) is 0. The molecular formula is C12H9FN. The van der Waals surface area contributed by atoms with Gasteiger partial charge in [0.2, 0.25) is 0 Å². The van der Waals surface area contributed by atoms with Crippen LogP contribution in [0.4, 0.5) is 4.39 Å². The molecule has 0 aliphatic carbocycles. The summed E-state index contributed by atoms with van der Waals surface area (Å²) in [7, 11) is 0. The zero-order chi connectivity index (χ0) is 9.97. The maximum atomic E-state index is 12.9. The molecule has 0 saturated carbocycles. The van der Waals surface area contributed by atoms with Crippen LogP contribution in [0.1, 0.15) is 5.56 Å². The van der Waals surface area contributed by atoms with E-state index < -0.39 is 0 Å². The Balaban J connectivity index is 2.49. The van der Waals surface area contributed by atoms with Crippen LogP contribution in [0.15, 0.2) is 42.6 Å². The first-order chi connectivity index (χ1) is 6.75. The van der Waals surface area contributed by atoms with Gasteiger partial charge in [-0.25, -0.2) is 4.39 Å². The summed E-state index contributed by atoms with van der Waals surface area (Å²) in [5.74, 6) is -0.274. The Morgan fingerprint density at radius 2 is 2.00 bits per heavy atom. The van der Waals surface area contributed by atoms with Gasteiger partial charge in [0.25, 0.3) is 0 Å². The zero-order valence-corrected chi connectivity index (χ0v) is 7.57. The highest BCUT2D eigenvalue weighted by atomic mass is 19.1. The van der Waals surface area contributed by atoms with Gasteiger partial charge in [-0.15, -0.1) is 0 Å². The minimum absolute atomic E-state index is 0.274.